The first-order valence-electron chi connectivity index (χ1n) is 13.8. The fourth-order valence-corrected chi connectivity index (χ4v) is 4.93. The van der Waals surface area contributed by atoms with Gasteiger partial charge in [0, 0.05) is 26.6 Å². The van der Waals surface area contributed by atoms with E-state index in [1.54, 1.807) is 6.92 Å². The van der Waals surface area contributed by atoms with Crippen molar-refractivity contribution in [3.8, 4) is 0 Å². The van der Waals surface area contributed by atoms with Crippen LogP contribution in [0.5, 0.6) is 0 Å². The Balaban J connectivity index is 0.00000560. The minimum atomic E-state index is -0.879. The Labute approximate surface area is 242 Å². The maximum atomic E-state index is 13.4. The van der Waals surface area contributed by atoms with Crippen LogP contribution in [0.1, 0.15) is 45.6 Å². The van der Waals surface area contributed by atoms with Gasteiger partial charge in [0.1, 0.15) is 18.1 Å². The lowest BCUT2D eigenvalue weighted by atomic mass is 10.0. The first-order chi connectivity index (χ1) is 18.6. The van der Waals surface area contributed by atoms with Crippen LogP contribution >= 0.6 is 12.4 Å². The molecule has 40 heavy (non-hydrogen) atoms. The third kappa shape index (κ3) is 8.92. The number of halogens is 1. The van der Waals surface area contributed by atoms with Crippen LogP contribution in [0.25, 0.3) is 0 Å². The van der Waals surface area contributed by atoms with Crippen molar-refractivity contribution in [3.05, 3.63) is 35.9 Å². The maximum Gasteiger partial charge on any atom is 0.245 e. The van der Waals surface area contributed by atoms with E-state index in [2.05, 4.69) is 21.3 Å². The third-order valence-electron chi connectivity index (χ3n) is 7.29. The average Bonchev–Trinajstić information content (AvgIpc) is 3.45. The Morgan fingerprint density at radius 2 is 1.70 bits per heavy atom. The fraction of sp³-hybridized carbons (Fsp3) is 0.607. The summed E-state index contributed by atoms with van der Waals surface area (Å²) in [6.45, 7) is 6.26. The molecule has 2 saturated heterocycles. The van der Waals surface area contributed by atoms with Crippen LogP contribution < -0.4 is 21.3 Å². The smallest absolute Gasteiger partial charge is 0.245 e. The Morgan fingerprint density at radius 1 is 1.00 bits per heavy atom. The first-order valence-corrected chi connectivity index (χ1v) is 13.8. The largest absolute Gasteiger partial charge is 0.354 e. The molecule has 3 rings (SSSR count). The van der Waals surface area contributed by atoms with Gasteiger partial charge in [-0.05, 0) is 44.2 Å². The molecule has 0 bridgehead atoms. The zero-order valence-electron chi connectivity index (χ0n) is 23.8. The Hall–Kier alpha value is -3.18. The molecule has 11 nitrogen and oxygen atoms in total. The molecule has 1 aromatic rings. The molecular weight excluding hydrogens is 536 g/mol. The van der Waals surface area contributed by atoms with Gasteiger partial charge in [0.2, 0.25) is 29.5 Å². The van der Waals surface area contributed by atoms with E-state index in [0.717, 1.165) is 18.5 Å². The summed E-state index contributed by atoms with van der Waals surface area (Å²) in [6.07, 6.45) is 2.28. The molecule has 0 aliphatic carbocycles. The van der Waals surface area contributed by atoms with Gasteiger partial charge < -0.3 is 31.1 Å². The molecule has 222 valence electrons. The van der Waals surface area contributed by atoms with E-state index in [1.807, 2.05) is 44.2 Å². The normalized spacial score (nSPS) is 25.6. The first kappa shape index (κ1) is 33.0. The SMILES string of the molecule is CC(C)[C@@H]1NC(=O)[C@@H](C)N(C(=O)[C@@H]2CCCN2)CCCNC(=O)[C@H](Cc2ccccc2)NC(=O)CN(C)C1=O.Cl. The van der Waals surface area contributed by atoms with Gasteiger partial charge in [-0.1, -0.05) is 44.2 Å². The quantitative estimate of drug-likeness (QED) is 0.403. The third-order valence-corrected chi connectivity index (χ3v) is 7.29. The van der Waals surface area contributed by atoms with Gasteiger partial charge in [0.25, 0.3) is 0 Å². The lowest BCUT2D eigenvalue weighted by Gasteiger charge is -2.33. The highest BCUT2D eigenvalue weighted by Crippen LogP contribution is 2.14. The highest BCUT2D eigenvalue weighted by Gasteiger charge is 2.35. The number of carbonyl (C=O) groups is 5. The molecule has 0 saturated carbocycles. The van der Waals surface area contributed by atoms with Gasteiger partial charge in [-0.15, -0.1) is 12.4 Å². The molecular formula is C28H43ClN6O5. The molecule has 1 aromatic carbocycles. The minimum Gasteiger partial charge on any atom is -0.354 e. The zero-order chi connectivity index (χ0) is 28.5. The summed E-state index contributed by atoms with van der Waals surface area (Å²) in [6, 6.07) is 6.47. The average molecular weight is 579 g/mol. The predicted molar refractivity (Wildman–Crippen MR) is 154 cm³/mol. The van der Waals surface area contributed by atoms with E-state index in [9.17, 15) is 24.0 Å². The molecule has 2 aliphatic heterocycles. The van der Waals surface area contributed by atoms with Gasteiger partial charge in [-0.3, -0.25) is 24.0 Å². The van der Waals surface area contributed by atoms with Gasteiger partial charge in [0.05, 0.1) is 12.6 Å². The number of nitrogens with one attached hydrogen (secondary N) is 4. The van der Waals surface area contributed by atoms with E-state index in [1.165, 1.54) is 16.8 Å². The topological polar surface area (TPSA) is 140 Å². The Kier molecular flexibility index (Phi) is 12.9. The highest BCUT2D eigenvalue weighted by atomic mass is 35.5. The van der Waals surface area contributed by atoms with Crippen LogP contribution in [-0.4, -0.2) is 96.7 Å². The van der Waals surface area contributed by atoms with Crippen LogP contribution in [0.15, 0.2) is 30.3 Å². The molecule has 0 unspecified atom stereocenters. The molecule has 0 aromatic heterocycles. The number of nitrogens with zero attached hydrogens (tertiary/aromatic N) is 2. The molecule has 0 spiro atoms. The number of likely N-dealkylation sites (N-methyl/N-ethyl adjacent to an activating group) is 1. The number of hydrogen-bond donors (Lipinski definition) is 4. The van der Waals surface area contributed by atoms with Crippen molar-refractivity contribution >= 4 is 41.9 Å². The molecule has 12 heteroatoms. The Morgan fingerprint density at radius 3 is 2.33 bits per heavy atom. The van der Waals surface area contributed by atoms with Crippen LogP contribution in [0.4, 0.5) is 0 Å². The Bertz CT molecular complexity index is 1030. The van der Waals surface area contributed by atoms with Gasteiger partial charge in [-0.2, -0.15) is 0 Å². The summed E-state index contributed by atoms with van der Waals surface area (Å²) < 4.78 is 0. The summed E-state index contributed by atoms with van der Waals surface area (Å²) in [4.78, 5) is 68.7. The number of carbonyl (C=O) groups excluding carboxylic acids is 5. The van der Waals surface area contributed by atoms with Crippen molar-refractivity contribution in [3.63, 3.8) is 0 Å². The molecule has 0 radical (unpaired) electrons. The number of hydrogen-bond acceptors (Lipinski definition) is 6. The van der Waals surface area contributed by atoms with Crippen molar-refractivity contribution in [2.75, 3.05) is 33.2 Å². The lowest BCUT2D eigenvalue weighted by molar-refractivity contribution is -0.144. The van der Waals surface area contributed by atoms with E-state index in [4.69, 9.17) is 0 Å². The van der Waals surface area contributed by atoms with E-state index >= 15 is 0 Å². The fourth-order valence-electron chi connectivity index (χ4n) is 4.93. The zero-order valence-corrected chi connectivity index (χ0v) is 24.6. The summed E-state index contributed by atoms with van der Waals surface area (Å²) in [5.74, 6) is -2.11. The molecule has 2 fully saturated rings. The summed E-state index contributed by atoms with van der Waals surface area (Å²) in [7, 11) is 1.49. The molecule has 4 atom stereocenters. The number of amides is 5. The number of benzene rings is 1. The molecule has 5 amide bonds. The van der Waals surface area contributed by atoms with Crippen LogP contribution in [0.3, 0.4) is 0 Å². The maximum absolute atomic E-state index is 13.4. The molecule has 4 N–H and O–H groups in total. The van der Waals surface area contributed by atoms with Gasteiger partial charge in [0.15, 0.2) is 0 Å². The van der Waals surface area contributed by atoms with Gasteiger partial charge in [-0.25, -0.2) is 0 Å². The number of rotatable bonds is 4. The van der Waals surface area contributed by atoms with Crippen molar-refractivity contribution in [2.24, 2.45) is 5.92 Å². The molecule has 2 aliphatic rings. The minimum absolute atomic E-state index is 0. The van der Waals surface area contributed by atoms with E-state index < -0.39 is 35.8 Å². The van der Waals surface area contributed by atoms with Crippen molar-refractivity contribution in [1.82, 2.24) is 31.1 Å². The summed E-state index contributed by atoms with van der Waals surface area (Å²) in [5, 5.41) is 11.6. The predicted octanol–water partition coefficient (Wildman–Crippen LogP) is 0.224. The second-order valence-corrected chi connectivity index (χ2v) is 10.7. The molecule has 2 heterocycles. The second kappa shape index (κ2) is 15.6. The van der Waals surface area contributed by atoms with Gasteiger partial charge >= 0.3 is 0 Å². The van der Waals surface area contributed by atoms with Crippen LogP contribution in [0, 0.1) is 5.92 Å². The van der Waals surface area contributed by atoms with Crippen molar-refractivity contribution in [1.29, 1.82) is 0 Å². The second-order valence-electron chi connectivity index (χ2n) is 10.7. The van der Waals surface area contributed by atoms with Crippen molar-refractivity contribution < 1.29 is 24.0 Å². The van der Waals surface area contributed by atoms with Crippen molar-refractivity contribution in [2.45, 2.75) is 70.6 Å². The van der Waals surface area contributed by atoms with Crippen LogP contribution in [-0.2, 0) is 30.4 Å². The lowest BCUT2D eigenvalue weighted by Crippen LogP contribution is -2.59. The highest BCUT2D eigenvalue weighted by molar-refractivity contribution is 5.95. The van der Waals surface area contributed by atoms with Crippen LogP contribution in [0.2, 0.25) is 0 Å². The summed E-state index contributed by atoms with van der Waals surface area (Å²) in [5.41, 5.74) is 0.883. The standard InChI is InChI=1S/C28H42N6O5.ClH/c1-18(2)24-28(39)33(4)17-23(35)31-22(16-20-10-6-5-7-11-20)26(37)30-14-9-15-34(19(3)25(36)32-24)27(38)21-12-8-13-29-21;/h5-7,10-11,18-19,21-22,24,29H,8-9,12-17H2,1-4H3,(H,30,37)(H,31,35)(H,32,36);1H/t19-,21+,22+,24+;/m1./s1. The summed E-state index contributed by atoms with van der Waals surface area (Å²) >= 11 is 0. The monoisotopic (exact) mass is 578 g/mol. The van der Waals surface area contributed by atoms with E-state index in [0.29, 0.717) is 12.8 Å². The van der Waals surface area contributed by atoms with E-state index in [-0.39, 0.29) is 62.2 Å².